The van der Waals surface area contributed by atoms with Gasteiger partial charge in [0.2, 0.25) is 15.9 Å². The standard InChI is InChI=1S/C22H22ClN5O4S/c1-27(17-7-8-17)22(30)15-12-25-28(13-15)19-9-6-16(11-20(19)33(24,31)32)26-21(29)10-14-4-2-3-5-18(14)23/h2-6,9,11-13,17H,7-8,10H2,1H3,(H,26,29)(H2,24,31,32). The second-order valence-corrected chi connectivity index (χ2v) is 9.80. The van der Waals surface area contributed by atoms with Crippen molar-refractivity contribution in [1.29, 1.82) is 0 Å². The molecule has 3 aromatic rings. The van der Waals surface area contributed by atoms with Gasteiger partial charge in [0, 0.05) is 30.0 Å². The number of benzene rings is 2. The molecule has 1 aliphatic carbocycles. The molecule has 3 N–H and O–H groups in total. The Morgan fingerprint density at radius 3 is 2.64 bits per heavy atom. The lowest BCUT2D eigenvalue weighted by Crippen LogP contribution is -2.28. The number of nitrogens with two attached hydrogens (primary N) is 1. The highest BCUT2D eigenvalue weighted by Crippen LogP contribution is 2.28. The number of anilines is 1. The van der Waals surface area contributed by atoms with Gasteiger partial charge in [-0.25, -0.2) is 18.2 Å². The first kappa shape index (κ1) is 23.0. The van der Waals surface area contributed by atoms with Crippen LogP contribution in [-0.2, 0) is 21.2 Å². The van der Waals surface area contributed by atoms with Gasteiger partial charge in [-0.3, -0.25) is 9.59 Å². The molecule has 0 aliphatic heterocycles. The van der Waals surface area contributed by atoms with Gasteiger partial charge < -0.3 is 10.2 Å². The van der Waals surface area contributed by atoms with Crippen LogP contribution in [-0.4, -0.2) is 48.0 Å². The Bertz CT molecular complexity index is 1330. The van der Waals surface area contributed by atoms with Crippen LogP contribution in [0.5, 0.6) is 0 Å². The zero-order valence-corrected chi connectivity index (χ0v) is 19.3. The number of hydrogen-bond donors (Lipinski definition) is 2. The summed E-state index contributed by atoms with van der Waals surface area (Å²) < 4.78 is 25.8. The molecule has 1 heterocycles. The van der Waals surface area contributed by atoms with Gasteiger partial charge in [-0.05, 0) is 42.7 Å². The molecule has 0 atom stereocenters. The number of nitrogens with zero attached hydrogens (tertiary/aromatic N) is 3. The molecule has 9 nitrogen and oxygen atoms in total. The Balaban J connectivity index is 1.58. The number of sulfonamides is 1. The fourth-order valence-electron chi connectivity index (χ4n) is 3.43. The van der Waals surface area contributed by atoms with Crippen LogP contribution in [0.15, 0.2) is 59.8 Å². The zero-order chi connectivity index (χ0) is 23.8. The fraction of sp³-hybridized carbons (Fsp3) is 0.227. The summed E-state index contributed by atoms with van der Waals surface area (Å²) >= 11 is 6.10. The van der Waals surface area contributed by atoms with Gasteiger partial charge >= 0.3 is 0 Å². The minimum absolute atomic E-state index is 0.0191. The maximum Gasteiger partial charge on any atom is 0.257 e. The SMILES string of the molecule is CN(C(=O)c1cnn(-c2ccc(NC(=O)Cc3ccccc3Cl)cc2S(N)(=O)=O)c1)C1CC1. The Kier molecular flexibility index (Phi) is 6.24. The van der Waals surface area contributed by atoms with E-state index in [4.69, 9.17) is 16.7 Å². The maximum atomic E-state index is 12.6. The van der Waals surface area contributed by atoms with Gasteiger partial charge in [0.15, 0.2) is 0 Å². The van der Waals surface area contributed by atoms with Gasteiger partial charge in [0.05, 0.1) is 23.9 Å². The Morgan fingerprint density at radius 2 is 1.97 bits per heavy atom. The molecule has 0 unspecified atom stereocenters. The fourth-order valence-corrected chi connectivity index (χ4v) is 4.37. The smallest absolute Gasteiger partial charge is 0.257 e. The van der Waals surface area contributed by atoms with Crippen LogP contribution >= 0.6 is 11.6 Å². The topological polar surface area (TPSA) is 127 Å². The number of hydrogen-bond acceptors (Lipinski definition) is 5. The number of amides is 2. The molecule has 2 aromatic carbocycles. The third kappa shape index (κ3) is 5.24. The van der Waals surface area contributed by atoms with Crippen molar-refractivity contribution in [2.45, 2.75) is 30.2 Å². The summed E-state index contributed by atoms with van der Waals surface area (Å²) in [7, 11) is -2.44. The highest BCUT2D eigenvalue weighted by Gasteiger charge is 2.30. The van der Waals surface area contributed by atoms with E-state index in [1.165, 1.54) is 35.3 Å². The van der Waals surface area contributed by atoms with E-state index < -0.39 is 10.0 Å². The summed E-state index contributed by atoms with van der Waals surface area (Å²) in [4.78, 5) is 26.4. The Labute approximate surface area is 196 Å². The summed E-state index contributed by atoms with van der Waals surface area (Å²) in [6.07, 6.45) is 4.80. The predicted molar refractivity (Wildman–Crippen MR) is 124 cm³/mol. The van der Waals surface area contributed by atoms with Crippen LogP contribution in [0.25, 0.3) is 5.69 Å². The molecule has 11 heteroatoms. The van der Waals surface area contributed by atoms with Gasteiger partial charge in [0.25, 0.3) is 5.91 Å². The molecular formula is C22H22ClN5O4S. The van der Waals surface area contributed by atoms with Crippen molar-refractivity contribution in [3.05, 3.63) is 71.0 Å². The van der Waals surface area contributed by atoms with Crippen molar-refractivity contribution in [2.24, 2.45) is 5.14 Å². The molecule has 1 saturated carbocycles. The van der Waals surface area contributed by atoms with Crippen molar-refractivity contribution in [1.82, 2.24) is 14.7 Å². The monoisotopic (exact) mass is 487 g/mol. The Hall–Kier alpha value is -3.21. The summed E-state index contributed by atoms with van der Waals surface area (Å²) in [5, 5.41) is 12.7. The average molecular weight is 488 g/mol. The van der Waals surface area contributed by atoms with Gasteiger partial charge in [-0.2, -0.15) is 5.10 Å². The normalized spacial score (nSPS) is 13.5. The molecule has 0 radical (unpaired) electrons. The molecule has 0 bridgehead atoms. The minimum atomic E-state index is -4.16. The summed E-state index contributed by atoms with van der Waals surface area (Å²) in [6.45, 7) is 0. The lowest BCUT2D eigenvalue weighted by molar-refractivity contribution is -0.115. The van der Waals surface area contributed by atoms with E-state index in [9.17, 15) is 18.0 Å². The van der Waals surface area contributed by atoms with Crippen LogP contribution in [0.3, 0.4) is 0 Å². The van der Waals surface area contributed by atoms with E-state index in [0.717, 1.165) is 12.8 Å². The zero-order valence-electron chi connectivity index (χ0n) is 17.7. The lowest BCUT2D eigenvalue weighted by atomic mass is 10.1. The van der Waals surface area contributed by atoms with E-state index in [0.29, 0.717) is 16.1 Å². The van der Waals surface area contributed by atoms with E-state index in [2.05, 4.69) is 10.4 Å². The highest BCUT2D eigenvalue weighted by molar-refractivity contribution is 7.89. The average Bonchev–Trinajstić information content (AvgIpc) is 3.50. The third-order valence-corrected chi connectivity index (χ3v) is 6.66. The maximum absolute atomic E-state index is 12.6. The van der Waals surface area contributed by atoms with E-state index >= 15 is 0 Å². The van der Waals surface area contributed by atoms with Gasteiger partial charge in [-0.1, -0.05) is 29.8 Å². The summed E-state index contributed by atoms with van der Waals surface area (Å²) in [5.74, 6) is -0.560. The van der Waals surface area contributed by atoms with E-state index in [1.54, 1.807) is 36.2 Å². The number of primary sulfonamides is 1. The highest BCUT2D eigenvalue weighted by atomic mass is 35.5. The molecular weight excluding hydrogens is 466 g/mol. The van der Waals surface area contributed by atoms with Crippen LogP contribution in [0.4, 0.5) is 5.69 Å². The van der Waals surface area contributed by atoms with Crippen LogP contribution in [0, 0.1) is 0 Å². The van der Waals surface area contributed by atoms with Crippen molar-refractivity contribution in [3.8, 4) is 5.69 Å². The van der Waals surface area contributed by atoms with Crippen molar-refractivity contribution < 1.29 is 18.0 Å². The number of carbonyl (C=O) groups is 2. The van der Waals surface area contributed by atoms with E-state index in [-0.39, 0.29) is 40.5 Å². The molecule has 0 spiro atoms. The van der Waals surface area contributed by atoms with Crippen molar-refractivity contribution >= 4 is 39.1 Å². The van der Waals surface area contributed by atoms with Crippen molar-refractivity contribution in [3.63, 3.8) is 0 Å². The van der Waals surface area contributed by atoms with Gasteiger partial charge in [0.1, 0.15) is 4.90 Å². The number of nitrogens with one attached hydrogen (secondary N) is 1. The quantitative estimate of drug-likeness (QED) is 0.529. The molecule has 2 amide bonds. The molecule has 4 rings (SSSR count). The second kappa shape index (κ2) is 8.97. The number of aromatic nitrogens is 2. The number of rotatable bonds is 7. The van der Waals surface area contributed by atoms with Crippen LogP contribution < -0.4 is 10.5 Å². The second-order valence-electron chi connectivity index (χ2n) is 7.86. The molecule has 33 heavy (non-hydrogen) atoms. The van der Waals surface area contributed by atoms with Crippen LogP contribution in [0.1, 0.15) is 28.8 Å². The van der Waals surface area contributed by atoms with Gasteiger partial charge in [-0.15, -0.1) is 0 Å². The molecule has 1 aromatic heterocycles. The first-order valence-corrected chi connectivity index (χ1v) is 12.1. The molecule has 1 aliphatic rings. The molecule has 172 valence electrons. The number of carbonyl (C=O) groups excluding carboxylic acids is 2. The number of halogens is 1. The third-order valence-electron chi connectivity index (χ3n) is 5.35. The first-order valence-electron chi connectivity index (χ1n) is 10.2. The molecule has 1 fully saturated rings. The lowest BCUT2D eigenvalue weighted by Gasteiger charge is -2.14. The summed E-state index contributed by atoms with van der Waals surface area (Å²) in [6, 6.07) is 11.4. The molecule has 0 saturated heterocycles. The largest absolute Gasteiger partial charge is 0.339 e. The van der Waals surface area contributed by atoms with Crippen molar-refractivity contribution in [2.75, 3.05) is 12.4 Å². The first-order chi connectivity index (χ1) is 15.6. The van der Waals surface area contributed by atoms with Crippen LogP contribution in [0.2, 0.25) is 5.02 Å². The Morgan fingerprint density at radius 1 is 1.24 bits per heavy atom. The minimum Gasteiger partial charge on any atom is -0.339 e. The predicted octanol–water partition coefficient (Wildman–Crippen LogP) is 2.59. The van der Waals surface area contributed by atoms with E-state index in [1.807, 2.05) is 0 Å². The summed E-state index contributed by atoms with van der Waals surface area (Å²) in [5.41, 5.74) is 1.39.